The van der Waals surface area contributed by atoms with Crippen molar-refractivity contribution in [1.29, 1.82) is 10.5 Å². The van der Waals surface area contributed by atoms with Crippen LogP contribution in [0.1, 0.15) is 0 Å². The SMILES string of the molecule is Cl.Cl.[C-]#N.[C-]#N. The molecule has 0 fully saturated rings. The van der Waals surface area contributed by atoms with Crippen LogP contribution in [0.25, 0.3) is 0 Å². The third-order valence-electron chi connectivity index (χ3n) is 0. The minimum absolute atomic E-state index is 0. The molecule has 0 aromatic carbocycles. The molecule has 0 N–H and O–H groups in total. The Morgan fingerprint density at radius 1 is 0.667 bits per heavy atom. The number of hydrogen-bond donors (Lipinski definition) is 0. The van der Waals surface area contributed by atoms with E-state index < -0.39 is 0 Å². The van der Waals surface area contributed by atoms with Gasteiger partial charge in [0.25, 0.3) is 0 Å². The van der Waals surface area contributed by atoms with Gasteiger partial charge >= 0.3 is 0 Å². The summed E-state index contributed by atoms with van der Waals surface area (Å²) in [6.45, 7) is 9.50. The van der Waals surface area contributed by atoms with Gasteiger partial charge in [-0.2, -0.15) is 0 Å². The average Bonchev–Trinajstić information content (AvgIpc) is 1.50. The van der Waals surface area contributed by atoms with Crippen molar-refractivity contribution in [2.45, 2.75) is 0 Å². The van der Waals surface area contributed by atoms with Crippen LogP contribution in [0, 0.1) is 23.7 Å². The van der Waals surface area contributed by atoms with Crippen molar-refractivity contribution in [2.24, 2.45) is 0 Å². The van der Waals surface area contributed by atoms with Crippen LogP contribution in [0.2, 0.25) is 0 Å². The first-order chi connectivity index (χ1) is 2.00. The lowest BCUT2D eigenvalue weighted by atomic mass is 11.9. The Morgan fingerprint density at radius 3 is 0.667 bits per heavy atom. The molecule has 4 heteroatoms. The second kappa shape index (κ2) is 299. The molecular weight excluding hydrogens is 123 g/mol. The molecule has 0 saturated heterocycles. The molecule has 0 aromatic heterocycles. The van der Waals surface area contributed by atoms with Crippen LogP contribution in [0.4, 0.5) is 0 Å². The van der Waals surface area contributed by atoms with Gasteiger partial charge in [0.05, 0.1) is 0 Å². The van der Waals surface area contributed by atoms with Crippen molar-refractivity contribution in [2.75, 3.05) is 0 Å². The first kappa shape index (κ1) is 47.5. The van der Waals surface area contributed by atoms with E-state index in [0.717, 1.165) is 0 Å². The highest BCUT2D eigenvalue weighted by Gasteiger charge is 0.0795. The number of rotatable bonds is 0. The molecule has 36 valence electrons. The summed E-state index contributed by atoms with van der Waals surface area (Å²) in [5.41, 5.74) is 0. The van der Waals surface area contributed by atoms with Crippen molar-refractivity contribution < 1.29 is 0 Å². The number of halogens is 2. The molecule has 0 heterocycles. The maximum Gasteiger partial charge on any atom is -0.147 e. The average molecular weight is 125 g/mol. The Hall–Kier alpha value is -0.440. The molecule has 6 heavy (non-hydrogen) atoms. The minimum Gasteiger partial charge on any atom is -0.512 e. The lowest BCUT2D eigenvalue weighted by molar-refractivity contribution is 1.53. The smallest absolute Gasteiger partial charge is 0.147 e. The molecular formula is C2H2Cl2N2-2. The van der Waals surface area contributed by atoms with E-state index in [4.69, 9.17) is 23.7 Å². The van der Waals surface area contributed by atoms with Crippen LogP contribution in [0.15, 0.2) is 0 Å². The number of nitrogens with zero attached hydrogens (tertiary/aromatic N) is 2. The summed E-state index contributed by atoms with van der Waals surface area (Å²) in [7, 11) is 0. The molecule has 0 amide bonds. The van der Waals surface area contributed by atoms with Crippen molar-refractivity contribution >= 4 is 24.8 Å². The maximum atomic E-state index is 6.25. The Bertz CT molecular complexity index is 25.0. The summed E-state index contributed by atoms with van der Waals surface area (Å²) < 4.78 is 0. The lowest BCUT2D eigenvalue weighted by Crippen LogP contribution is -0.530. The third kappa shape index (κ3) is 121. The molecule has 0 aliphatic carbocycles. The zero-order chi connectivity index (χ0) is 4.00. The van der Waals surface area contributed by atoms with E-state index in [2.05, 4.69) is 0 Å². The molecule has 0 aliphatic heterocycles. The zero-order valence-electron chi connectivity index (χ0n) is 2.71. The fraction of sp³-hybridized carbons (Fsp3) is 0. The summed E-state index contributed by atoms with van der Waals surface area (Å²) in [6.07, 6.45) is 0. The van der Waals surface area contributed by atoms with E-state index in [1.165, 1.54) is 0 Å². The third-order valence-corrected chi connectivity index (χ3v) is 0. The largest absolute Gasteiger partial charge is 0.512 e. The van der Waals surface area contributed by atoms with Crippen molar-refractivity contribution in [3.05, 3.63) is 13.1 Å². The van der Waals surface area contributed by atoms with E-state index in [9.17, 15) is 0 Å². The van der Waals surface area contributed by atoms with E-state index >= 15 is 0 Å². The first-order valence-corrected chi connectivity index (χ1v) is 0.447. The van der Waals surface area contributed by atoms with Crippen LogP contribution in [0.5, 0.6) is 0 Å². The van der Waals surface area contributed by atoms with Crippen LogP contribution in [-0.2, 0) is 0 Å². The van der Waals surface area contributed by atoms with Gasteiger partial charge in [-0.3, -0.25) is 0 Å². The predicted octanol–water partition coefficient (Wildman–Crippen LogP) is 1.04. The van der Waals surface area contributed by atoms with Gasteiger partial charge in [0.1, 0.15) is 0 Å². The zero-order valence-corrected chi connectivity index (χ0v) is 4.34. The molecule has 0 rings (SSSR count). The quantitative estimate of drug-likeness (QED) is 0.454. The predicted molar refractivity (Wildman–Crippen MR) is 24.4 cm³/mol. The highest BCUT2D eigenvalue weighted by atomic mass is 35.5. The standard InChI is InChI=1S/2CN.2ClH/c2*1-2;;/h;;2*1H/q2*-1;;. The molecule has 0 saturated carbocycles. The summed E-state index contributed by atoms with van der Waals surface area (Å²) >= 11 is 0. The molecule has 0 atom stereocenters. The first-order valence-electron chi connectivity index (χ1n) is 0.447. The van der Waals surface area contributed by atoms with E-state index in [-0.39, 0.29) is 24.8 Å². The summed E-state index contributed by atoms with van der Waals surface area (Å²) in [4.78, 5) is 0. The molecule has 0 aromatic rings. The van der Waals surface area contributed by atoms with Gasteiger partial charge in [0.15, 0.2) is 0 Å². The fourth-order valence-corrected chi connectivity index (χ4v) is 0. The van der Waals surface area contributed by atoms with Gasteiger partial charge in [0.2, 0.25) is 0 Å². The molecule has 0 bridgehead atoms. The number of hydrogen-bond acceptors (Lipinski definition) is 2. The Morgan fingerprint density at radius 2 is 0.667 bits per heavy atom. The van der Waals surface area contributed by atoms with Crippen LogP contribution >= 0.6 is 24.8 Å². The van der Waals surface area contributed by atoms with Gasteiger partial charge in [-0.1, -0.05) is 0 Å². The van der Waals surface area contributed by atoms with E-state index in [0.29, 0.717) is 0 Å². The monoisotopic (exact) mass is 124 g/mol. The van der Waals surface area contributed by atoms with Gasteiger partial charge in [0, 0.05) is 0 Å². The van der Waals surface area contributed by atoms with Gasteiger partial charge in [-0.15, -0.1) is 24.8 Å². The summed E-state index contributed by atoms with van der Waals surface area (Å²) in [5.74, 6) is 0. The molecule has 0 spiro atoms. The van der Waals surface area contributed by atoms with E-state index in [1.54, 1.807) is 0 Å². The fourth-order valence-electron chi connectivity index (χ4n) is 0. The van der Waals surface area contributed by atoms with Crippen LogP contribution in [0.3, 0.4) is 0 Å². The Labute approximate surface area is 49.2 Å². The summed E-state index contributed by atoms with van der Waals surface area (Å²) in [6, 6.07) is 0. The van der Waals surface area contributed by atoms with Gasteiger partial charge < -0.3 is 23.7 Å². The second-order valence-electron chi connectivity index (χ2n) is 0. The second-order valence-corrected chi connectivity index (χ2v) is 0. The van der Waals surface area contributed by atoms with Crippen molar-refractivity contribution in [1.82, 2.24) is 0 Å². The topological polar surface area (TPSA) is 47.6 Å². The van der Waals surface area contributed by atoms with E-state index in [1.807, 2.05) is 0 Å². The summed E-state index contributed by atoms with van der Waals surface area (Å²) in [5, 5.41) is 12.5. The van der Waals surface area contributed by atoms with Crippen molar-refractivity contribution in [3.8, 4) is 0 Å². The van der Waals surface area contributed by atoms with Crippen LogP contribution < -0.4 is 0 Å². The van der Waals surface area contributed by atoms with Gasteiger partial charge in [-0.05, 0) is 0 Å². The molecule has 0 radical (unpaired) electrons. The minimum atomic E-state index is 0. The maximum absolute atomic E-state index is 6.25. The van der Waals surface area contributed by atoms with Gasteiger partial charge in [-0.25, -0.2) is 0 Å². The van der Waals surface area contributed by atoms with Crippen LogP contribution in [-0.4, -0.2) is 0 Å². The Kier molecular flexibility index (Phi) is 2360. The lowest BCUT2D eigenvalue weighted by Gasteiger charge is -1.08. The van der Waals surface area contributed by atoms with Crippen molar-refractivity contribution in [3.63, 3.8) is 0 Å². The Balaban J connectivity index is -0.00000000500. The molecule has 0 unspecified atom stereocenters. The highest BCUT2D eigenvalue weighted by Crippen LogP contribution is 0.691. The highest BCUT2D eigenvalue weighted by molar-refractivity contribution is 5.85. The molecule has 2 nitrogen and oxygen atoms in total. The molecule has 0 aliphatic rings. The normalized spacial score (nSPS) is 0.667.